The number of imidazole rings is 1. The Kier molecular flexibility index (Phi) is 4.74. The fourth-order valence-electron chi connectivity index (χ4n) is 1.82. The van der Waals surface area contributed by atoms with Gasteiger partial charge in [-0.15, -0.1) is 0 Å². The highest BCUT2D eigenvalue weighted by atomic mass is 19.1. The fraction of sp³-hybridized carbons (Fsp3) is 0.400. The maximum atomic E-state index is 13.4. The average molecular weight is 277 g/mol. The van der Waals surface area contributed by atoms with Gasteiger partial charge in [-0.25, -0.2) is 9.37 Å². The van der Waals surface area contributed by atoms with E-state index in [-0.39, 0.29) is 5.82 Å². The van der Waals surface area contributed by atoms with Crippen LogP contribution in [0.15, 0.2) is 30.7 Å². The lowest BCUT2D eigenvalue weighted by Gasteiger charge is -2.14. The van der Waals surface area contributed by atoms with Crippen molar-refractivity contribution in [3.8, 4) is 5.75 Å². The zero-order valence-electron chi connectivity index (χ0n) is 12.1. The molecule has 0 radical (unpaired) electrons. The highest BCUT2D eigenvalue weighted by molar-refractivity contribution is 5.34. The summed E-state index contributed by atoms with van der Waals surface area (Å²) in [6.07, 6.45) is 3.49. The fourth-order valence-corrected chi connectivity index (χ4v) is 1.82. The number of hydrogen-bond acceptors (Lipinski definition) is 3. The van der Waals surface area contributed by atoms with Crippen molar-refractivity contribution in [1.82, 2.24) is 14.9 Å². The molecule has 1 heterocycles. The van der Waals surface area contributed by atoms with Crippen molar-refractivity contribution >= 4 is 0 Å². The van der Waals surface area contributed by atoms with Gasteiger partial charge in [0.15, 0.2) is 0 Å². The van der Waals surface area contributed by atoms with E-state index in [2.05, 4.69) is 24.1 Å². The largest absolute Gasteiger partial charge is 0.487 e. The highest BCUT2D eigenvalue weighted by Gasteiger charge is 2.08. The molecule has 0 spiro atoms. The van der Waals surface area contributed by atoms with Crippen LogP contribution >= 0.6 is 0 Å². The summed E-state index contributed by atoms with van der Waals surface area (Å²) in [5.74, 6) is 0.444. The first-order valence-corrected chi connectivity index (χ1v) is 6.66. The van der Waals surface area contributed by atoms with Gasteiger partial charge < -0.3 is 14.6 Å². The van der Waals surface area contributed by atoms with Gasteiger partial charge in [0, 0.05) is 25.2 Å². The minimum Gasteiger partial charge on any atom is -0.487 e. The Morgan fingerprint density at radius 3 is 2.85 bits per heavy atom. The molecule has 0 fully saturated rings. The van der Waals surface area contributed by atoms with Gasteiger partial charge in [0.2, 0.25) is 0 Å². The van der Waals surface area contributed by atoms with Crippen LogP contribution in [0.3, 0.4) is 0 Å². The van der Waals surface area contributed by atoms with Gasteiger partial charge in [0.25, 0.3) is 0 Å². The molecule has 0 aliphatic heterocycles. The van der Waals surface area contributed by atoms with E-state index in [1.807, 2.05) is 11.6 Å². The minimum absolute atomic E-state index is 0.251. The van der Waals surface area contributed by atoms with Gasteiger partial charge in [-0.1, -0.05) is 13.8 Å². The summed E-state index contributed by atoms with van der Waals surface area (Å²) < 4.78 is 21.0. The lowest BCUT2D eigenvalue weighted by molar-refractivity contribution is 0.292. The molecule has 108 valence electrons. The van der Waals surface area contributed by atoms with Crippen molar-refractivity contribution in [2.45, 2.75) is 33.0 Å². The van der Waals surface area contributed by atoms with Gasteiger partial charge in [0.1, 0.15) is 18.2 Å². The zero-order valence-corrected chi connectivity index (χ0v) is 12.1. The maximum absolute atomic E-state index is 13.4. The van der Waals surface area contributed by atoms with Gasteiger partial charge >= 0.3 is 0 Å². The van der Waals surface area contributed by atoms with Crippen molar-refractivity contribution in [3.05, 3.63) is 47.8 Å². The molecule has 5 heteroatoms. The van der Waals surface area contributed by atoms with E-state index in [9.17, 15) is 4.39 Å². The summed E-state index contributed by atoms with van der Waals surface area (Å²) in [4.78, 5) is 4.04. The second kappa shape index (κ2) is 6.52. The lowest BCUT2D eigenvalue weighted by Crippen LogP contribution is -2.22. The van der Waals surface area contributed by atoms with E-state index >= 15 is 0 Å². The summed E-state index contributed by atoms with van der Waals surface area (Å²) in [7, 11) is 1.91. The quantitative estimate of drug-likeness (QED) is 0.882. The topological polar surface area (TPSA) is 39.1 Å². The molecule has 0 atom stereocenters. The molecule has 0 bridgehead atoms. The van der Waals surface area contributed by atoms with Crippen LogP contribution in [0.5, 0.6) is 5.75 Å². The molecule has 1 N–H and O–H groups in total. The SMILES string of the molecule is CC(C)NCc1cc(F)ccc1OCc1cncn1C. The molecular weight excluding hydrogens is 257 g/mol. The predicted octanol–water partition coefficient (Wildman–Crippen LogP) is 2.64. The summed E-state index contributed by atoms with van der Waals surface area (Å²) in [5, 5.41) is 3.27. The Hall–Kier alpha value is -1.88. The Morgan fingerprint density at radius 2 is 2.20 bits per heavy atom. The molecular formula is C15H20FN3O. The smallest absolute Gasteiger partial charge is 0.130 e. The molecule has 1 aromatic carbocycles. The molecule has 4 nitrogen and oxygen atoms in total. The van der Waals surface area contributed by atoms with Gasteiger partial charge in [-0.2, -0.15) is 0 Å². The van der Waals surface area contributed by atoms with E-state index < -0.39 is 0 Å². The normalized spacial score (nSPS) is 11.1. The van der Waals surface area contributed by atoms with Crippen molar-refractivity contribution in [2.24, 2.45) is 7.05 Å². The second-order valence-corrected chi connectivity index (χ2v) is 5.07. The van der Waals surface area contributed by atoms with E-state index in [1.54, 1.807) is 18.6 Å². The standard InChI is InChI=1S/C15H20FN3O/c1-11(2)18-7-12-6-13(16)4-5-15(12)20-9-14-8-17-10-19(14)3/h4-6,8,10-11,18H,7,9H2,1-3H3. The zero-order chi connectivity index (χ0) is 14.5. The van der Waals surface area contributed by atoms with E-state index in [0.717, 1.165) is 11.3 Å². The van der Waals surface area contributed by atoms with Crippen LogP contribution in [0, 0.1) is 5.82 Å². The molecule has 1 aromatic heterocycles. The molecule has 0 aliphatic rings. The summed E-state index contributed by atoms with van der Waals surface area (Å²) in [5.41, 5.74) is 1.79. The number of hydrogen-bond donors (Lipinski definition) is 1. The Balaban J connectivity index is 2.08. The first kappa shape index (κ1) is 14.5. The number of nitrogens with one attached hydrogen (secondary N) is 1. The number of benzene rings is 1. The van der Waals surface area contributed by atoms with Gasteiger partial charge in [0.05, 0.1) is 18.2 Å². The number of ether oxygens (including phenoxy) is 1. The van der Waals surface area contributed by atoms with Crippen LogP contribution in [0.4, 0.5) is 4.39 Å². The molecule has 0 saturated carbocycles. The first-order valence-electron chi connectivity index (χ1n) is 6.66. The molecule has 2 rings (SSSR count). The number of nitrogens with zero attached hydrogens (tertiary/aromatic N) is 2. The Bertz CT molecular complexity index is 566. The summed E-state index contributed by atoms with van der Waals surface area (Å²) >= 11 is 0. The van der Waals surface area contributed by atoms with Gasteiger partial charge in [-0.3, -0.25) is 0 Å². The molecule has 0 unspecified atom stereocenters. The third-order valence-electron chi connectivity index (χ3n) is 3.02. The molecule has 0 amide bonds. The van der Waals surface area contributed by atoms with Crippen molar-refractivity contribution in [3.63, 3.8) is 0 Å². The number of halogens is 1. The van der Waals surface area contributed by atoms with Crippen molar-refractivity contribution in [1.29, 1.82) is 0 Å². The van der Waals surface area contributed by atoms with Crippen LogP contribution in [-0.2, 0) is 20.2 Å². The first-order chi connectivity index (χ1) is 9.56. The molecule has 2 aromatic rings. The van der Waals surface area contributed by atoms with Crippen molar-refractivity contribution in [2.75, 3.05) is 0 Å². The monoisotopic (exact) mass is 277 g/mol. The van der Waals surface area contributed by atoms with Gasteiger partial charge in [-0.05, 0) is 18.2 Å². The Morgan fingerprint density at radius 1 is 1.40 bits per heavy atom. The van der Waals surface area contributed by atoms with E-state index in [0.29, 0.717) is 24.9 Å². The third kappa shape index (κ3) is 3.81. The average Bonchev–Trinajstić information content (AvgIpc) is 2.81. The number of rotatable bonds is 6. The van der Waals surface area contributed by atoms with Crippen LogP contribution in [0.2, 0.25) is 0 Å². The predicted molar refractivity (Wildman–Crippen MR) is 75.9 cm³/mol. The maximum Gasteiger partial charge on any atom is 0.130 e. The van der Waals surface area contributed by atoms with Crippen LogP contribution < -0.4 is 10.1 Å². The number of aryl methyl sites for hydroxylation is 1. The Labute approximate surface area is 118 Å². The van der Waals surface area contributed by atoms with Crippen LogP contribution in [-0.4, -0.2) is 15.6 Å². The highest BCUT2D eigenvalue weighted by Crippen LogP contribution is 2.21. The van der Waals surface area contributed by atoms with E-state index in [4.69, 9.17) is 4.74 Å². The molecule has 0 saturated heterocycles. The van der Waals surface area contributed by atoms with Crippen LogP contribution in [0.25, 0.3) is 0 Å². The summed E-state index contributed by atoms with van der Waals surface area (Å²) in [6.45, 7) is 5.10. The number of aromatic nitrogens is 2. The molecule has 0 aliphatic carbocycles. The summed E-state index contributed by atoms with van der Waals surface area (Å²) in [6, 6.07) is 4.93. The van der Waals surface area contributed by atoms with Crippen molar-refractivity contribution < 1.29 is 9.13 Å². The third-order valence-corrected chi connectivity index (χ3v) is 3.02. The minimum atomic E-state index is -0.251. The second-order valence-electron chi connectivity index (χ2n) is 5.07. The van der Waals surface area contributed by atoms with Crippen LogP contribution in [0.1, 0.15) is 25.1 Å². The lowest BCUT2D eigenvalue weighted by atomic mass is 10.2. The van der Waals surface area contributed by atoms with E-state index in [1.165, 1.54) is 12.1 Å². The molecule has 20 heavy (non-hydrogen) atoms.